The summed E-state index contributed by atoms with van der Waals surface area (Å²) in [5.74, 6) is 0.861. The summed E-state index contributed by atoms with van der Waals surface area (Å²) in [7, 11) is 0. The fourth-order valence-corrected chi connectivity index (χ4v) is 4.16. The quantitative estimate of drug-likeness (QED) is 0.549. The number of carbonyl (C=O) groups is 1. The van der Waals surface area contributed by atoms with Gasteiger partial charge in [-0.25, -0.2) is 0 Å². The summed E-state index contributed by atoms with van der Waals surface area (Å²) in [6.45, 7) is 2.38. The van der Waals surface area contributed by atoms with Crippen molar-refractivity contribution in [3.63, 3.8) is 0 Å². The number of aromatic nitrogens is 2. The van der Waals surface area contributed by atoms with Crippen molar-refractivity contribution in [3.8, 4) is 0 Å². The van der Waals surface area contributed by atoms with E-state index in [4.69, 9.17) is 14.7 Å². The van der Waals surface area contributed by atoms with Crippen molar-refractivity contribution < 1.29 is 13.7 Å². The highest BCUT2D eigenvalue weighted by Crippen LogP contribution is 2.42. The van der Waals surface area contributed by atoms with Crippen LogP contribution in [-0.2, 0) is 0 Å². The number of pyridine rings is 1. The average molecular weight is 402 g/mol. The summed E-state index contributed by atoms with van der Waals surface area (Å²) in [5, 5.41) is 4.28. The lowest BCUT2D eigenvalue weighted by Gasteiger charge is -2.22. The van der Waals surface area contributed by atoms with E-state index >= 15 is 0 Å². The monoisotopic (exact) mass is 402 g/mol. The maximum atomic E-state index is 13.4. The molecule has 1 fully saturated rings. The number of carbonyl (C=O) groups excluding carboxylic acids is 1. The molecule has 4 aromatic rings. The highest BCUT2D eigenvalue weighted by Gasteiger charge is 2.40. The molecule has 5 rings (SSSR count). The van der Waals surface area contributed by atoms with E-state index in [1.807, 2.05) is 36.1 Å². The van der Waals surface area contributed by atoms with Gasteiger partial charge < -0.3 is 19.6 Å². The van der Waals surface area contributed by atoms with Crippen molar-refractivity contribution in [2.75, 3.05) is 6.54 Å². The number of hydrogen-bond donors (Lipinski definition) is 1. The van der Waals surface area contributed by atoms with Crippen molar-refractivity contribution in [2.24, 2.45) is 5.73 Å². The minimum Gasteiger partial charge on any atom is -0.454 e. The van der Waals surface area contributed by atoms with Crippen LogP contribution in [0.15, 0.2) is 69.7 Å². The van der Waals surface area contributed by atoms with Gasteiger partial charge in [-0.1, -0.05) is 35.5 Å². The van der Waals surface area contributed by atoms with Crippen LogP contribution in [0.1, 0.15) is 58.9 Å². The molecular formula is C23H22N4O3. The molecule has 4 heterocycles. The number of benzene rings is 1. The number of amides is 1. The number of nitrogens with two attached hydrogens (primary N) is 1. The summed E-state index contributed by atoms with van der Waals surface area (Å²) >= 11 is 0. The van der Waals surface area contributed by atoms with E-state index in [9.17, 15) is 4.79 Å². The first-order chi connectivity index (χ1) is 14.6. The molecule has 0 saturated carbocycles. The molecule has 3 aromatic heterocycles. The van der Waals surface area contributed by atoms with Crippen LogP contribution < -0.4 is 5.73 Å². The maximum absolute atomic E-state index is 13.4. The highest BCUT2D eigenvalue weighted by molar-refractivity contribution is 5.92. The Labute approximate surface area is 173 Å². The standard InChI is InChI=1S/C23H22N4O3/c1-14(24)18-9-10-20(29-18)23(28)27-13-16(15-6-3-2-4-7-15)12-17(27)21-22-19(30-26-21)8-5-11-25-22/h2-11,14,16-17H,12-13,24H2,1H3. The van der Waals surface area contributed by atoms with Gasteiger partial charge in [0.05, 0.1) is 12.1 Å². The van der Waals surface area contributed by atoms with Gasteiger partial charge in [-0.3, -0.25) is 9.78 Å². The second kappa shape index (κ2) is 7.42. The number of hydrogen-bond acceptors (Lipinski definition) is 6. The van der Waals surface area contributed by atoms with Crippen LogP contribution in [0, 0.1) is 0 Å². The molecule has 0 aliphatic carbocycles. The zero-order chi connectivity index (χ0) is 20.7. The molecule has 0 radical (unpaired) electrons. The molecule has 1 amide bonds. The Morgan fingerprint density at radius 3 is 2.77 bits per heavy atom. The summed E-state index contributed by atoms with van der Waals surface area (Å²) < 4.78 is 11.2. The van der Waals surface area contributed by atoms with Crippen molar-refractivity contribution >= 4 is 17.0 Å². The zero-order valence-corrected chi connectivity index (χ0v) is 16.6. The molecule has 1 saturated heterocycles. The molecule has 1 aliphatic heterocycles. The first-order valence-electron chi connectivity index (χ1n) is 10.0. The minimum atomic E-state index is -0.276. The number of nitrogens with zero attached hydrogens (tertiary/aromatic N) is 3. The van der Waals surface area contributed by atoms with Gasteiger partial charge in [-0.05, 0) is 43.2 Å². The predicted octanol–water partition coefficient (Wildman–Crippen LogP) is 4.21. The van der Waals surface area contributed by atoms with E-state index in [1.165, 1.54) is 5.56 Å². The van der Waals surface area contributed by atoms with E-state index in [1.54, 1.807) is 24.4 Å². The molecule has 3 unspecified atom stereocenters. The SMILES string of the molecule is CC(N)c1ccc(C(=O)N2CC(c3ccccc3)CC2c2noc3cccnc23)o1. The third kappa shape index (κ3) is 3.17. The van der Waals surface area contributed by atoms with Crippen molar-refractivity contribution in [1.82, 2.24) is 15.0 Å². The Morgan fingerprint density at radius 2 is 2.00 bits per heavy atom. The predicted molar refractivity (Wildman–Crippen MR) is 111 cm³/mol. The second-order valence-electron chi connectivity index (χ2n) is 7.73. The van der Waals surface area contributed by atoms with Crippen LogP contribution in [0.4, 0.5) is 0 Å². The summed E-state index contributed by atoms with van der Waals surface area (Å²) in [5.41, 5.74) is 9.06. The molecule has 30 heavy (non-hydrogen) atoms. The van der Waals surface area contributed by atoms with Gasteiger partial charge in [0.1, 0.15) is 17.0 Å². The molecule has 7 heteroatoms. The van der Waals surface area contributed by atoms with Gasteiger partial charge in [0.15, 0.2) is 11.3 Å². The fourth-order valence-electron chi connectivity index (χ4n) is 4.16. The molecule has 0 spiro atoms. The van der Waals surface area contributed by atoms with E-state index in [-0.39, 0.29) is 29.7 Å². The van der Waals surface area contributed by atoms with Crippen molar-refractivity contribution in [3.05, 3.63) is 83.6 Å². The minimum absolute atomic E-state index is 0.179. The summed E-state index contributed by atoms with van der Waals surface area (Å²) in [6.07, 6.45) is 2.44. The smallest absolute Gasteiger partial charge is 0.290 e. The largest absolute Gasteiger partial charge is 0.454 e. The highest BCUT2D eigenvalue weighted by atomic mass is 16.5. The van der Waals surface area contributed by atoms with Gasteiger partial charge >= 0.3 is 0 Å². The van der Waals surface area contributed by atoms with E-state index in [0.29, 0.717) is 29.1 Å². The van der Waals surface area contributed by atoms with Crippen molar-refractivity contribution in [2.45, 2.75) is 31.3 Å². The van der Waals surface area contributed by atoms with Crippen LogP contribution in [0.2, 0.25) is 0 Å². The fraction of sp³-hybridized carbons (Fsp3) is 0.261. The van der Waals surface area contributed by atoms with Gasteiger partial charge in [0, 0.05) is 18.7 Å². The molecular weight excluding hydrogens is 380 g/mol. The third-order valence-electron chi connectivity index (χ3n) is 5.69. The van der Waals surface area contributed by atoms with E-state index in [2.05, 4.69) is 22.3 Å². The Hall–Kier alpha value is -3.45. The van der Waals surface area contributed by atoms with Gasteiger partial charge in [-0.2, -0.15) is 0 Å². The lowest BCUT2D eigenvalue weighted by atomic mass is 9.95. The first-order valence-corrected chi connectivity index (χ1v) is 10.0. The summed E-state index contributed by atoms with van der Waals surface area (Å²) in [4.78, 5) is 19.7. The second-order valence-corrected chi connectivity index (χ2v) is 7.73. The topological polar surface area (TPSA) is 98.4 Å². The number of likely N-dealkylation sites (tertiary alicyclic amines) is 1. The van der Waals surface area contributed by atoms with Crippen LogP contribution in [0.3, 0.4) is 0 Å². The van der Waals surface area contributed by atoms with E-state index < -0.39 is 0 Å². The average Bonchev–Trinajstić information content (AvgIpc) is 3.51. The lowest BCUT2D eigenvalue weighted by Crippen LogP contribution is -2.31. The molecule has 0 bridgehead atoms. The maximum Gasteiger partial charge on any atom is 0.290 e. The first kappa shape index (κ1) is 18.6. The number of furan rings is 1. The van der Waals surface area contributed by atoms with Crippen LogP contribution in [0.5, 0.6) is 0 Å². The zero-order valence-electron chi connectivity index (χ0n) is 16.6. The third-order valence-corrected chi connectivity index (χ3v) is 5.69. The summed E-state index contributed by atoms with van der Waals surface area (Å²) in [6, 6.07) is 16.8. The van der Waals surface area contributed by atoms with Crippen molar-refractivity contribution in [1.29, 1.82) is 0 Å². The molecule has 3 atom stereocenters. The van der Waals surface area contributed by atoms with E-state index in [0.717, 1.165) is 6.42 Å². The van der Waals surface area contributed by atoms with Crippen LogP contribution in [0.25, 0.3) is 11.1 Å². The van der Waals surface area contributed by atoms with Gasteiger partial charge in [0.25, 0.3) is 5.91 Å². The van der Waals surface area contributed by atoms with Gasteiger partial charge in [-0.15, -0.1) is 0 Å². The van der Waals surface area contributed by atoms with Crippen LogP contribution in [-0.4, -0.2) is 27.5 Å². The Bertz CT molecular complexity index is 1180. The number of fused-ring (bicyclic) bond motifs is 1. The Balaban J connectivity index is 1.54. The Kier molecular flexibility index (Phi) is 4.59. The molecule has 7 nitrogen and oxygen atoms in total. The molecule has 152 valence electrons. The Morgan fingerprint density at radius 1 is 1.17 bits per heavy atom. The molecule has 2 N–H and O–H groups in total. The van der Waals surface area contributed by atoms with Gasteiger partial charge in [0.2, 0.25) is 0 Å². The van der Waals surface area contributed by atoms with Crippen LogP contribution >= 0.6 is 0 Å². The molecule has 1 aromatic carbocycles. The number of rotatable bonds is 4. The normalized spacial score (nSPS) is 20.0. The lowest BCUT2D eigenvalue weighted by molar-refractivity contribution is 0.0695. The molecule has 1 aliphatic rings.